The van der Waals surface area contributed by atoms with E-state index in [9.17, 15) is 20.0 Å². The Hall–Kier alpha value is -2.73. The maximum atomic E-state index is 10.7. The summed E-state index contributed by atoms with van der Waals surface area (Å²) >= 11 is 0. The molecule has 0 fully saturated rings. The molecule has 0 saturated heterocycles. The average Bonchev–Trinajstić information content (AvgIpc) is 2.53. The second-order valence-corrected chi connectivity index (χ2v) is 4.36. The lowest BCUT2D eigenvalue weighted by Gasteiger charge is -2.10. The summed E-state index contributed by atoms with van der Waals surface area (Å²) in [5, 5.41) is 20.0. The van der Waals surface area contributed by atoms with E-state index in [2.05, 4.69) is 0 Å². The zero-order valence-electron chi connectivity index (χ0n) is 11.1. The molecule has 0 aliphatic rings. The number of benzene rings is 2. The normalized spacial score (nSPS) is 10.1. The first-order chi connectivity index (χ1) is 10.1. The molecule has 0 radical (unpaired) electrons. The number of carbonyl (C=O) groups is 1. The molecule has 0 aliphatic carbocycles. The molecule has 0 aromatic heterocycles. The van der Waals surface area contributed by atoms with Crippen LogP contribution in [-0.2, 0) is 13.2 Å². The van der Waals surface area contributed by atoms with E-state index in [4.69, 9.17) is 4.74 Å². The zero-order valence-corrected chi connectivity index (χ0v) is 11.1. The van der Waals surface area contributed by atoms with Crippen molar-refractivity contribution in [3.8, 4) is 5.75 Å². The Kier molecular flexibility index (Phi) is 4.63. The van der Waals surface area contributed by atoms with E-state index in [1.165, 1.54) is 18.2 Å². The minimum Gasteiger partial charge on any atom is -0.489 e. The summed E-state index contributed by atoms with van der Waals surface area (Å²) in [5.74, 6) is 0.439. The quantitative estimate of drug-likeness (QED) is 0.501. The topological polar surface area (TPSA) is 89.7 Å². The van der Waals surface area contributed by atoms with Gasteiger partial charge in [0, 0.05) is 23.3 Å². The van der Waals surface area contributed by atoms with E-state index in [1.54, 1.807) is 24.3 Å². The molecule has 0 saturated carbocycles. The number of nitro groups is 1. The highest BCUT2D eigenvalue weighted by molar-refractivity contribution is 5.75. The number of carbonyl (C=O) groups excluding carboxylic acids is 1. The second kappa shape index (κ2) is 6.62. The van der Waals surface area contributed by atoms with Gasteiger partial charge in [-0.05, 0) is 23.8 Å². The smallest absolute Gasteiger partial charge is 0.269 e. The summed E-state index contributed by atoms with van der Waals surface area (Å²) in [7, 11) is 0. The fourth-order valence-electron chi connectivity index (χ4n) is 1.86. The van der Waals surface area contributed by atoms with E-state index < -0.39 is 4.92 Å². The number of ether oxygens (including phenoxy) is 1. The van der Waals surface area contributed by atoms with Crippen molar-refractivity contribution >= 4 is 12.0 Å². The minimum atomic E-state index is -0.471. The van der Waals surface area contributed by atoms with Gasteiger partial charge in [-0.15, -0.1) is 0 Å². The van der Waals surface area contributed by atoms with Crippen LogP contribution in [0.2, 0.25) is 0 Å². The summed E-state index contributed by atoms with van der Waals surface area (Å²) in [5.41, 5.74) is 1.58. The van der Waals surface area contributed by atoms with Gasteiger partial charge >= 0.3 is 0 Å². The Morgan fingerprint density at radius 1 is 1.24 bits per heavy atom. The maximum absolute atomic E-state index is 10.7. The monoisotopic (exact) mass is 287 g/mol. The van der Waals surface area contributed by atoms with Crippen LogP contribution in [0.15, 0.2) is 42.5 Å². The Morgan fingerprint density at radius 3 is 2.71 bits per heavy atom. The third-order valence-electron chi connectivity index (χ3n) is 2.91. The lowest BCUT2D eigenvalue weighted by Crippen LogP contribution is -2.00. The van der Waals surface area contributed by atoms with Crippen molar-refractivity contribution in [2.24, 2.45) is 0 Å². The summed E-state index contributed by atoms with van der Waals surface area (Å²) in [6.07, 6.45) is 0.684. The minimum absolute atomic E-state index is 0.00483. The molecule has 0 atom stereocenters. The van der Waals surface area contributed by atoms with Crippen LogP contribution in [0, 0.1) is 10.1 Å². The molecule has 6 nitrogen and oxygen atoms in total. The third kappa shape index (κ3) is 3.64. The molecule has 21 heavy (non-hydrogen) atoms. The first kappa shape index (κ1) is 14.7. The van der Waals surface area contributed by atoms with Gasteiger partial charge in [0.25, 0.3) is 5.69 Å². The van der Waals surface area contributed by atoms with E-state index >= 15 is 0 Å². The van der Waals surface area contributed by atoms with Gasteiger partial charge in [-0.2, -0.15) is 0 Å². The lowest BCUT2D eigenvalue weighted by molar-refractivity contribution is -0.384. The highest BCUT2D eigenvalue weighted by Gasteiger charge is 2.08. The molecule has 0 heterocycles. The Labute approximate surface area is 120 Å². The van der Waals surface area contributed by atoms with Crippen LogP contribution in [-0.4, -0.2) is 16.3 Å². The van der Waals surface area contributed by atoms with Crippen molar-refractivity contribution in [3.63, 3.8) is 0 Å². The summed E-state index contributed by atoms with van der Waals surface area (Å²) in [4.78, 5) is 20.9. The van der Waals surface area contributed by atoms with Gasteiger partial charge < -0.3 is 9.84 Å². The molecule has 1 N–H and O–H groups in total. The summed E-state index contributed by atoms with van der Waals surface area (Å²) in [6.45, 7) is -0.124. The molecule has 0 unspecified atom stereocenters. The van der Waals surface area contributed by atoms with Crippen molar-refractivity contribution in [2.45, 2.75) is 13.2 Å². The average molecular weight is 287 g/mol. The van der Waals surface area contributed by atoms with E-state index in [-0.39, 0.29) is 18.9 Å². The highest BCUT2D eigenvalue weighted by Crippen LogP contribution is 2.22. The molecule has 2 aromatic rings. The predicted octanol–water partition coefficient (Wildman–Crippen LogP) is 2.48. The molecule has 0 bridgehead atoms. The molecule has 0 aliphatic heterocycles. The van der Waals surface area contributed by atoms with Crippen LogP contribution in [0.4, 0.5) is 5.69 Å². The van der Waals surface area contributed by atoms with E-state index in [0.29, 0.717) is 28.7 Å². The van der Waals surface area contributed by atoms with Crippen LogP contribution in [0.1, 0.15) is 21.5 Å². The van der Waals surface area contributed by atoms with Crippen LogP contribution < -0.4 is 4.74 Å². The molecule has 0 amide bonds. The van der Waals surface area contributed by atoms with Crippen LogP contribution in [0.25, 0.3) is 0 Å². The Balaban J connectivity index is 2.14. The van der Waals surface area contributed by atoms with Gasteiger partial charge in [-0.3, -0.25) is 14.9 Å². The van der Waals surface area contributed by atoms with Crippen LogP contribution >= 0.6 is 0 Å². The maximum Gasteiger partial charge on any atom is 0.269 e. The van der Waals surface area contributed by atoms with Gasteiger partial charge in [0.15, 0.2) is 0 Å². The number of nitro benzene ring substituents is 1. The van der Waals surface area contributed by atoms with Gasteiger partial charge in [-0.25, -0.2) is 0 Å². The summed E-state index contributed by atoms with van der Waals surface area (Å²) in [6, 6.07) is 10.8. The lowest BCUT2D eigenvalue weighted by atomic mass is 10.1. The van der Waals surface area contributed by atoms with Crippen LogP contribution in [0.5, 0.6) is 5.75 Å². The molecule has 2 aromatic carbocycles. The first-order valence-corrected chi connectivity index (χ1v) is 6.19. The number of rotatable bonds is 6. The third-order valence-corrected chi connectivity index (χ3v) is 2.91. The molecular weight excluding hydrogens is 274 g/mol. The number of nitrogens with zero attached hydrogens (tertiary/aromatic N) is 1. The SMILES string of the molecule is O=Cc1ccc(OCc2cccc([N+](=O)[O-])c2)c(CO)c1. The number of aliphatic hydroxyl groups is 1. The van der Waals surface area contributed by atoms with Gasteiger partial charge in [0.05, 0.1) is 11.5 Å². The van der Waals surface area contributed by atoms with Crippen molar-refractivity contribution < 1.29 is 19.6 Å². The number of hydrogen-bond acceptors (Lipinski definition) is 5. The van der Waals surface area contributed by atoms with Crippen LogP contribution in [0.3, 0.4) is 0 Å². The number of hydrogen-bond donors (Lipinski definition) is 1. The van der Waals surface area contributed by atoms with Crippen molar-refractivity contribution in [1.29, 1.82) is 0 Å². The van der Waals surface area contributed by atoms with Crippen molar-refractivity contribution in [3.05, 3.63) is 69.3 Å². The Morgan fingerprint density at radius 2 is 2.05 bits per heavy atom. The molecule has 2 rings (SSSR count). The van der Waals surface area contributed by atoms with E-state index in [1.807, 2.05) is 0 Å². The molecule has 6 heteroatoms. The highest BCUT2D eigenvalue weighted by atomic mass is 16.6. The number of non-ortho nitro benzene ring substituents is 1. The second-order valence-electron chi connectivity index (χ2n) is 4.36. The predicted molar refractivity (Wildman–Crippen MR) is 75.2 cm³/mol. The number of aliphatic hydroxyl groups excluding tert-OH is 1. The first-order valence-electron chi connectivity index (χ1n) is 6.19. The Bertz CT molecular complexity index is 669. The number of aldehydes is 1. The fourth-order valence-corrected chi connectivity index (χ4v) is 1.86. The van der Waals surface area contributed by atoms with Gasteiger partial charge in [-0.1, -0.05) is 12.1 Å². The summed E-state index contributed by atoms with van der Waals surface area (Å²) < 4.78 is 5.55. The zero-order chi connectivity index (χ0) is 15.2. The van der Waals surface area contributed by atoms with Gasteiger partial charge in [0.1, 0.15) is 18.6 Å². The van der Waals surface area contributed by atoms with E-state index in [0.717, 1.165) is 0 Å². The van der Waals surface area contributed by atoms with Crippen molar-refractivity contribution in [1.82, 2.24) is 0 Å². The van der Waals surface area contributed by atoms with Crippen molar-refractivity contribution in [2.75, 3.05) is 0 Å². The molecular formula is C15H13NO5. The largest absolute Gasteiger partial charge is 0.489 e. The fraction of sp³-hybridized carbons (Fsp3) is 0.133. The molecule has 0 spiro atoms. The standard InChI is InChI=1S/C15H13NO5/c17-8-11-4-5-15(13(6-11)9-18)21-10-12-2-1-3-14(7-12)16(19)20/h1-8,18H,9-10H2. The molecule has 108 valence electrons. The van der Waals surface area contributed by atoms with Gasteiger partial charge in [0.2, 0.25) is 0 Å².